The summed E-state index contributed by atoms with van der Waals surface area (Å²) in [5, 5.41) is 20.4. The first-order valence-corrected chi connectivity index (χ1v) is 7.38. The molecule has 5 heteroatoms. The van der Waals surface area contributed by atoms with Gasteiger partial charge in [0.05, 0.1) is 16.9 Å². The highest BCUT2D eigenvalue weighted by Gasteiger charge is 2.01. The molecule has 5 nitrogen and oxygen atoms in total. The molecule has 118 valence electrons. The molecule has 0 bridgehead atoms. The number of hydrogen-bond donors (Lipinski definition) is 2. The molecule has 3 rings (SSSR count). The number of anilines is 2. The maximum Gasteiger partial charge on any atom is 0.335 e. The SMILES string of the molecule is O=C(O)c1ccc(N=Nc2ccc(Nc3ccccc3)cc2)cc1. The Bertz CT molecular complexity index is 842. The number of carboxylic acids is 1. The van der Waals surface area contributed by atoms with Crippen LogP contribution in [0.4, 0.5) is 22.7 Å². The average Bonchev–Trinajstić information content (AvgIpc) is 2.62. The number of aromatic carboxylic acids is 1. The van der Waals surface area contributed by atoms with Crippen LogP contribution < -0.4 is 5.32 Å². The van der Waals surface area contributed by atoms with Gasteiger partial charge in [0.25, 0.3) is 0 Å². The van der Waals surface area contributed by atoms with Crippen molar-refractivity contribution in [3.63, 3.8) is 0 Å². The third-order valence-electron chi connectivity index (χ3n) is 3.32. The molecule has 2 N–H and O–H groups in total. The molecule has 0 aliphatic rings. The largest absolute Gasteiger partial charge is 0.478 e. The van der Waals surface area contributed by atoms with Crippen LogP contribution in [-0.2, 0) is 0 Å². The maximum absolute atomic E-state index is 10.8. The van der Waals surface area contributed by atoms with E-state index in [-0.39, 0.29) is 5.56 Å². The zero-order valence-electron chi connectivity index (χ0n) is 12.8. The first kappa shape index (κ1) is 15.4. The summed E-state index contributed by atoms with van der Waals surface area (Å²) in [5.41, 5.74) is 3.53. The van der Waals surface area contributed by atoms with Gasteiger partial charge < -0.3 is 10.4 Å². The second kappa shape index (κ2) is 7.19. The molecule has 0 unspecified atom stereocenters. The molecule has 0 heterocycles. The van der Waals surface area contributed by atoms with Crippen LogP contribution in [0.3, 0.4) is 0 Å². The molecule has 3 aromatic carbocycles. The van der Waals surface area contributed by atoms with Gasteiger partial charge in [-0.25, -0.2) is 4.79 Å². The molecule has 0 saturated heterocycles. The number of carboxylic acid groups (broad SMARTS) is 1. The van der Waals surface area contributed by atoms with Crippen molar-refractivity contribution < 1.29 is 9.90 Å². The van der Waals surface area contributed by atoms with Crippen molar-refractivity contribution in [2.75, 3.05) is 5.32 Å². The summed E-state index contributed by atoms with van der Waals surface area (Å²) in [6.45, 7) is 0. The van der Waals surface area contributed by atoms with Crippen molar-refractivity contribution in [3.05, 3.63) is 84.4 Å². The van der Waals surface area contributed by atoms with Gasteiger partial charge in [-0.3, -0.25) is 0 Å². The van der Waals surface area contributed by atoms with Crippen LogP contribution in [0, 0.1) is 0 Å². The summed E-state index contributed by atoms with van der Waals surface area (Å²) in [6.07, 6.45) is 0. The van der Waals surface area contributed by atoms with Crippen LogP contribution in [-0.4, -0.2) is 11.1 Å². The quantitative estimate of drug-likeness (QED) is 0.606. The van der Waals surface area contributed by atoms with E-state index in [1.807, 2.05) is 54.6 Å². The lowest BCUT2D eigenvalue weighted by atomic mass is 10.2. The zero-order valence-corrected chi connectivity index (χ0v) is 12.8. The molecule has 0 aromatic heterocycles. The van der Waals surface area contributed by atoms with Crippen molar-refractivity contribution in [1.82, 2.24) is 0 Å². The lowest BCUT2D eigenvalue weighted by Gasteiger charge is -2.05. The summed E-state index contributed by atoms with van der Waals surface area (Å²) in [7, 11) is 0. The Labute approximate surface area is 139 Å². The molecule has 0 spiro atoms. The van der Waals surface area contributed by atoms with E-state index in [1.54, 1.807) is 12.1 Å². The van der Waals surface area contributed by atoms with E-state index in [4.69, 9.17) is 5.11 Å². The van der Waals surface area contributed by atoms with Gasteiger partial charge in [-0.2, -0.15) is 10.2 Å². The molecule has 3 aromatic rings. The Kier molecular flexibility index (Phi) is 4.62. The maximum atomic E-state index is 10.8. The fourth-order valence-electron chi connectivity index (χ4n) is 2.09. The van der Waals surface area contributed by atoms with Crippen LogP contribution in [0.15, 0.2) is 89.1 Å². The van der Waals surface area contributed by atoms with Crippen LogP contribution in [0.5, 0.6) is 0 Å². The van der Waals surface area contributed by atoms with Gasteiger partial charge in [0, 0.05) is 11.4 Å². The van der Waals surface area contributed by atoms with Crippen molar-refractivity contribution in [2.24, 2.45) is 10.2 Å². The molecule has 0 radical (unpaired) electrons. The second-order valence-electron chi connectivity index (χ2n) is 5.09. The summed E-state index contributed by atoms with van der Waals surface area (Å²) in [6, 6.07) is 23.7. The molecule has 0 saturated carbocycles. The summed E-state index contributed by atoms with van der Waals surface area (Å²) >= 11 is 0. The van der Waals surface area contributed by atoms with E-state index in [0.717, 1.165) is 17.1 Å². The zero-order chi connectivity index (χ0) is 16.8. The topological polar surface area (TPSA) is 74.0 Å². The number of nitrogens with one attached hydrogen (secondary N) is 1. The molecule has 0 aliphatic heterocycles. The van der Waals surface area contributed by atoms with E-state index in [1.165, 1.54) is 12.1 Å². The van der Waals surface area contributed by atoms with Crippen molar-refractivity contribution in [3.8, 4) is 0 Å². The van der Waals surface area contributed by atoms with Crippen molar-refractivity contribution in [1.29, 1.82) is 0 Å². The number of benzene rings is 3. The second-order valence-corrected chi connectivity index (χ2v) is 5.09. The minimum absolute atomic E-state index is 0.227. The van der Waals surface area contributed by atoms with Gasteiger partial charge in [-0.05, 0) is 60.7 Å². The molecular weight excluding hydrogens is 302 g/mol. The normalized spacial score (nSPS) is 10.7. The number of azo groups is 1. The van der Waals surface area contributed by atoms with Crippen molar-refractivity contribution >= 4 is 28.7 Å². The highest BCUT2D eigenvalue weighted by molar-refractivity contribution is 5.87. The van der Waals surface area contributed by atoms with E-state index in [0.29, 0.717) is 5.69 Å². The van der Waals surface area contributed by atoms with Gasteiger partial charge in [0.2, 0.25) is 0 Å². The van der Waals surface area contributed by atoms with E-state index >= 15 is 0 Å². The smallest absolute Gasteiger partial charge is 0.335 e. The number of carbonyl (C=O) groups is 1. The Morgan fingerprint density at radius 1 is 0.708 bits per heavy atom. The number of hydrogen-bond acceptors (Lipinski definition) is 4. The Morgan fingerprint density at radius 3 is 1.75 bits per heavy atom. The summed E-state index contributed by atoms with van der Waals surface area (Å²) in [5.74, 6) is -0.958. The van der Waals surface area contributed by atoms with Crippen LogP contribution in [0.2, 0.25) is 0 Å². The lowest BCUT2D eigenvalue weighted by Crippen LogP contribution is -1.93. The predicted octanol–water partition coefficient (Wildman–Crippen LogP) is 5.54. The third kappa shape index (κ3) is 4.04. The van der Waals surface area contributed by atoms with Crippen LogP contribution >= 0.6 is 0 Å². The average molecular weight is 317 g/mol. The Morgan fingerprint density at radius 2 is 1.21 bits per heavy atom. The molecule has 0 amide bonds. The first-order valence-electron chi connectivity index (χ1n) is 7.38. The molecular formula is C19H15N3O2. The highest BCUT2D eigenvalue weighted by atomic mass is 16.4. The fourth-order valence-corrected chi connectivity index (χ4v) is 2.09. The Hall–Kier alpha value is -3.47. The van der Waals surface area contributed by atoms with Gasteiger partial charge in [0.1, 0.15) is 0 Å². The third-order valence-corrected chi connectivity index (χ3v) is 3.32. The minimum Gasteiger partial charge on any atom is -0.478 e. The van der Waals surface area contributed by atoms with E-state index in [9.17, 15) is 4.79 Å². The van der Waals surface area contributed by atoms with Gasteiger partial charge in [-0.1, -0.05) is 18.2 Å². The van der Waals surface area contributed by atoms with E-state index in [2.05, 4.69) is 15.5 Å². The van der Waals surface area contributed by atoms with Gasteiger partial charge in [0.15, 0.2) is 0 Å². The van der Waals surface area contributed by atoms with Crippen LogP contribution in [0.25, 0.3) is 0 Å². The number of nitrogens with zero attached hydrogens (tertiary/aromatic N) is 2. The molecule has 0 aliphatic carbocycles. The minimum atomic E-state index is -0.958. The predicted molar refractivity (Wildman–Crippen MR) is 93.7 cm³/mol. The number of rotatable bonds is 5. The summed E-state index contributed by atoms with van der Waals surface area (Å²) in [4.78, 5) is 10.8. The Balaban J connectivity index is 1.66. The molecule has 24 heavy (non-hydrogen) atoms. The van der Waals surface area contributed by atoms with Gasteiger partial charge in [-0.15, -0.1) is 0 Å². The lowest BCUT2D eigenvalue weighted by molar-refractivity contribution is 0.0697. The van der Waals surface area contributed by atoms with Gasteiger partial charge >= 0.3 is 5.97 Å². The number of para-hydroxylation sites is 1. The van der Waals surface area contributed by atoms with E-state index < -0.39 is 5.97 Å². The monoisotopic (exact) mass is 317 g/mol. The van der Waals surface area contributed by atoms with Crippen molar-refractivity contribution in [2.45, 2.75) is 0 Å². The first-order chi connectivity index (χ1) is 11.7. The van der Waals surface area contributed by atoms with Crippen LogP contribution in [0.1, 0.15) is 10.4 Å². The molecule has 0 fully saturated rings. The fraction of sp³-hybridized carbons (Fsp3) is 0. The molecule has 0 atom stereocenters. The summed E-state index contributed by atoms with van der Waals surface area (Å²) < 4.78 is 0. The standard InChI is InChI=1S/C19H15N3O2/c23-19(24)14-6-8-17(9-7-14)21-22-18-12-10-16(11-13-18)20-15-4-2-1-3-5-15/h1-13,20H,(H,23,24). The highest BCUT2D eigenvalue weighted by Crippen LogP contribution is 2.22.